The van der Waals surface area contributed by atoms with E-state index in [1.165, 1.54) is 38.0 Å². The van der Waals surface area contributed by atoms with Crippen LogP contribution in [0, 0.1) is 0 Å². The fraction of sp³-hybridized carbons (Fsp3) is 0.533. The van der Waals surface area contributed by atoms with Crippen LogP contribution < -0.4 is 0 Å². The summed E-state index contributed by atoms with van der Waals surface area (Å²) in [6.45, 7) is 3.72. The highest BCUT2D eigenvalue weighted by Crippen LogP contribution is 2.41. The van der Waals surface area contributed by atoms with Gasteiger partial charge in [-0.2, -0.15) is 0 Å². The molecule has 0 aromatic carbocycles. The average molecular weight is 385 g/mol. The number of halogens is 1. The quantitative estimate of drug-likeness (QED) is 0.596. The summed E-state index contributed by atoms with van der Waals surface area (Å²) in [5.74, 6) is -1.13. The molecule has 2 aromatic rings. The smallest absolute Gasteiger partial charge is 0.303 e. The summed E-state index contributed by atoms with van der Waals surface area (Å²) in [6, 6.07) is 0. The molecule has 0 radical (unpaired) electrons. The van der Waals surface area contributed by atoms with Crippen LogP contribution in [0.2, 0.25) is 5.15 Å². The van der Waals surface area contributed by atoms with Crippen molar-refractivity contribution in [3.05, 3.63) is 17.8 Å². The molecule has 0 saturated carbocycles. The molecule has 1 N–H and O–H groups in total. The molecule has 4 atom stereocenters. The zero-order valence-electron chi connectivity index (χ0n) is 14.2. The Morgan fingerprint density at radius 2 is 2.08 bits per heavy atom. The van der Waals surface area contributed by atoms with E-state index >= 15 is 0 Å². The van der Waals surface area contributed by atoms with Crippen molar-refractivity contribution in [1.82, 2.24) is 19.5 Å². The molecule has 0 aliphatic carbocycles. The SMILES string of the molecule is CC(=O)OC[C@H]1O[C@@H](n2cnc3c(Cl)ncnc32)C(C)(O)[C@H]1OC(C)=O. The molecule has 1 unspecified atom stereocenters. The Labute approximate surface area is 153 Å². The van der Waals surface area contributed by atoms with Crippen LogP contribution in [-0.4, -0.2) is 61.0 Å². The van der Waals surface area contributed by atoms with Crippen molar-refractivity contribution in [2.45, 2.75) is 44.8 Å². The molecule has 3 heterocycles. The number of carbonyl (C=O) groups excluding carboxylic acids is 2. The summed E-state index contributed by atoms with van der Waals surface area (Å²) in [6.07, 6.45) is -0.310. The van der Waals surface area contributed by atoms with E-state index in [1.807, 2.05) is 0 Å². The third-order valence-electron chi connectivity index (χ3n) is 4.03. The lowest BCUT2D eigenvalue weighted by Crippen LogP contribution is -2.47. The molecular weight excluding hydrogens is 368 g/mol. The van der Waals surface area contributed by atoms with Gasteiger partial charge in [0.2, 0.25) is 0 Å². The molecule has 1 fully saturated rings. The number of esters is 2. The zero-order valence-corrected chi connectivity index (χ0v) is 15.0. The summed E-state index contributed by atoms with van der Waals surface area (Å²) in [5.41, 5.74) is -0.979. The van der Waals surface area contributed by atoms with Gasteiger partial charge in [-0.15, -0.1) is 0 Å². The number of rotatable bonds is 4. The van der Waals surface area contributed by atoms with Crippen LogP contribution in [0.4, 0.5) is 0 Å². The number of nitrogens with zero attached hydrogens (tertiary/aromatic N) is 4. The topological polar surface area (TPSA) is 126 Å². The average Bonchev–Trinajstić information content (AvgIpc) is 3.06. The fourth-order valence-electron chi connectivity index (χ4n) is 2.93. The van der Waals surface area contributed by atoms with E-state index < -0.39 is 36.0 Å². The maximum atomic E-state index is 11.5. The van der Waals surface area contributed by atoms with Crippen molar-refractivity contribution >= 4 is 34.7 Å². The number of imidazole rings is 1. The van der Waals surface area contributed by atoms with Gasteiger partial charge in [0.05, 0.1) is 6.33 Å². The second kappa shape index (κ2) is 6.78. The van der Waals surface area contributed by atoms with Crippen molar-refractivity contribution < 1.29 is 28.9 Å². The number of hydrogen-bond acceptors (Lipinski definition) is 9. The lowest BCUT2D eigenvalue weighted by molar-refractivity contribution is -0.162. The Bertz CT molecular complexity index is 854. The van der Waals surface area contributed by atoms with Gasteiger partial charge in [0.15, 0.2) is 23.1 Å². The molecule has 0 amide bonds. The van der Waals surface area contributed by atoms with Crippen LogP contribution in [-0.2, 0) is 23.8 Å². The molecule has 0 bridgehead atoms. The third-order valence-corrected chi connectivity index (χ3v) is 4.30. The number of carbonyl (C=O) groups is 2. The number of aliphatic hydroxyl groups is 1. The van der Waals surface area contributed by atoms with Crippen molar-refractivity contribution in [3.8, 4) is 0 Å². The Morgan fingerprint density at radius 1 is 1.35 bits per heavy atom. The molecule has 140 valence electrons. The number of aromatic nitrogens is 4. The molecule has 1 saturated heterocycles. The summed E-state index contributed by atoms with van der Waals surface area (Å²) >= 11 is 6.00. The molecule has 0 spiro atoms. The molecule has 26 heavy (non-hydrogen) atoms. The minimum atomic E-state index is -1.65. The standard InChI is InChI=1S/C15H17ClN4O6/c1-7(21)24-4-9-11(25-8(2)22)15(3,23)14(26-9)20-6-19-10-12(16)17-5-18-13(10)20/h5-6,9,11,14,23H,4H2,1-3H3/t9-,11+,14-,15?/m1/s1. The van der Waals surface area contributed by atoms with Crippen molar-refractivity contribution in [2.75, 3.05) is 6.61 Å². The van der Waals surface area contributed by atoms with E-state index in [0.29, 0.717) is 11.2 Å². The van der Waals surface area contributed by atoms with Crippen molar-refractivity contribution in [2.24, 2.45) is 0 Å². The maximum Gasteiger partial charge on any atom is 0.303 e. The van der Waals surface area contributed by atoms with E-state index in [4.69, 9.17) is 25.8 Å². The third kappa shape index (κ3) is 3.22. The number of fused-ring (bicyclic) bond motifs is 1. The highest BCUT2D eigenvalue weighted by atomic mass is 35.5. The summed E-state index contributed by atoms with van der Waals surface area (Å²) in [5, 5.41) is 11.2. The Kier molecular flexibility index (Phi) is 4.82. The van der Waals surface area contributed by atoms with Gasteiger partial charge in [0.1, 0.15) is 30.2 Å². The predicted octanol–water partition coefficient (Wildman–Crippen LogP) is 0.623. The van der Waals surface area contributed by atoms with Crippen LogP contribution in [0.25, 0.3) is 11.2 Å². The first-order chi connectivity index (χ1) is 12.2. The molecular formula is C15H17ClN4O6. The van der Waals surface area contributed by atoms with Crippen LogP contribution in [0.3, 0.4) is 0 Å². The predicted molar refractivity (Wildman–Crippen MR) is 87.1 cm³/mol. The summed E-state index contributed by atoms with van der Waals surface area (Å²) < 4.78 is 17.5. The van der Waals surface area contributed by atoms with Gasteiger partial charge in [-0.05, 0) is 6.92 Å². The lowest BCUT2D eigenvalue weighted by Gasteiger charge is -2.29. The molecule has 1 aliphatic heterocycles. The van der Waals surface area contributed by atoms with Crippen molar-refractivity contribution in [3.63, 3.8) is 0 Å². The Hall–Kier alpha value is -2.30. The van der Waals surface area contributed by atoms with Gasteiger partial charge in [0, 0.05) is 13.8 Å². The van der Waals surface area contributed by atoms with Gasteiger partial charge in [0.25, 0.3) is 0 Å². The molecule has 2 aromatic heterocycles. The maximum absolute atomic E-state index is 11.5. The van der Waals surface area contributed by atoms with E-state index in [2.05, 4.69) is 15.0 Å². The fourth-order valence-corrected chi connectivity index (χ4v) is 3.11. The largest absolute Gasteiger partial charge is 0.463 e. The normalized spacial score (nSPS) is 28.3. The minimum Gasteiger partial charge on any atom is -0.463 e. The second-order valence-electron chi connectivity index (χ2n) is 6.07. The van der Waals surface area contributed by atoms with Gasteiger partial charge in [-0.25, -0.2) is 15.0 Å². The first-order valence-corrected chi connectivity index (χ1v) is 8.11. The van der Waals surface area contributed by atoms with E-state index in [-0.39, 0.29) is 11.8 Å². The van der Waals surface area contributed by atoms with Gasteiger partial charge in [-0.3, -0.25) is 14.2 Å². The number of hydrogen-bond donors (Lipinski definition) is 1. The van der Waals surface area contributed by atoms with Crippen molar-refractivity contribution in [1.29, 1.82) is 0 Å². The number of ether oxygens (including phenoxy) is 3. The first kappa shape index (κ1) is 18.5. The van der Waals surface area contributed by atoms with Crippen LogP contribution in [0.15, 0.2) is 12.7 Å². The van der Waals surface area contributed by atoms with E-state index in [0.717, 1.165) is 0 Å². The summed E-state index contributed by atoms with van der Waals surface area (Å²) in [7, 11) is 0. The van der Waals surface area contributed by atoms with Gasteiger partial charge < -0.3 is 19.3 Å². The van der Waals surface area contributed by atoms with Gasteiger partial charge in [-0.1, -0.05) is 11.6 Å². The molecule has 3 rings (SSSR count). The Morgan fingerprint density at radius 3 is 2.73 bits per heavy atom. The van der Waals surface area contributed by atoms with Crippen LogP contribution in [0.1, 0.15) is 27.0 Å². The van der Waals surface area contributed by atoms with Crippen LogP contribution >= 0.6 is 11.6 Å². The van der Waals surface area contributed by atoms with Gasteiger partial charge >= 0.3 is 11.9 Å². The second-order valence-corrected chi connectivity index (χ2v) is 6.43. The summed E-state index contributed by atoms with van der Waals surface area (Å²) in [4.78, 5) is 34.7. The minimum absolute atomic E-state index is 0.152. The highest BCUT2D eigenvalue weighted by Gasteiger charge is 2.56. The highest BCUT2D eigenvalue weighted by molar-refractivity contribution is 6.33. The van der Waals surface area contributed by atoms with Crippen LogP contribution in [0.5, 0.6) is 0 Å². The monoisotopic (exact) mass is 384 g/mol. The molecule has 1 aliphatic rings. The van der Waals surface area contributed by atoms with E-state index in [9.17, 15) is 14.7 Å². The first-order valence-electron chi connectivity index (χ1n) is 7.73. The zero-order chi connectivity index (χ0) is 19.1. The van der Waals surface area contributed by atoms with E-state index in [1.54, 1.807) is 0 Å². The lowest BCUT2D eigenvalue weighted by atomic mass is 9.96. The molecule has 10 nitrogen and oxygen atoms in total. The Balaban J connectivity index is 1.99. The molecule has 11 heteroatoms.